The lowest BCUT2D eigenvalue weighted by atomic mass is 10.1. The van der Waals surface area contributed by atoms with Gasteiger partial charge < -0.3 is 15.3 Å². The van der Waals surface area contributed by atoms with Crippen LogP contribution >= 0.6 is 0 Å². The van der Waals surface area contributed by atoms with Gasteiger partial charge in [-0.1, -0.05) is 6.92 Å². The van der Waals surface area contributed by atoms with Crippen LogP contribution in [-0.2, 0) is 4.79 Å². The number of nitrogens with zero attached hydrogens (tertiary/aromatic N) is 1. The average Bonchev–Trinajstić information content (AvgIpc) is 2.97. The van der Waals surface area contributed by atoms with Crippen molar-refractivity contribution in [3.05, 3.63) is 0 Å². The maximum atomic E-state index is 11.6. The fourth-order valence-corrected chi connectivity index (χ4v) is 1.41. The zero-order valence-corrected chi connectivity index (χ0v) is 9.19. The minimum atomic E-state index is -0.878. The van der Waals surface area contributed by atoms with Gasteiger partial charge in [-0.3, -0.25) is 4.79 Å². The summed E-state index contributed by atoms with van der Waals surface area (Å²) in [7, 11) is 1.75. The van der Waals surface area contributed by atoms with Crippen LogP contribution in [0, 0.1) is 0 Å². The number of aliphatic carboxylic acids is 1. The number of amides is 2. The third-order valence-electron chi connectivity index (χ3n) is 2.66. The van der Waals surface area contributed by atoms with E-state index < -0.39 is 5.97 Å². The van der Waals surface area contributed by atoms with Gasteiger partial charge in [0.2, 0.25) is 0 Å². The molecule has 86 valence electrons. The third kappa shape index (κ3) is 3.77. The minimum Gasteiger partial charge on any atom is -0.481 e. The fourth-order valence-electron chi connectivity index (χ4n) is 1.41. The summed E-state index contributed by atoms with van der Waals surface area (Å²) in [5.41, 5.74) is 0. The van der Waals surface area contributed by atoms with Gasteiger partial charge in [0.25, 0.3) is 0 Å². The summed E-state index contributed by atoms with van der Waals surface area (Å²) in [6.07, 6.45) is 2.73. The van der Waals surface area contributed by atoms with Crippen LogP contribution in [-0.4, -0.2) is 41.1 Å². The Morgan fingerprint density at radius 3 is 2.53 bits per heavy atom. The van der Waals surface area contributed by atoms with E-state index in [-0.39, 0.29) is 18.5 Å². The van der Waals surface area contributed by atoms with Crippen molar-refractivity contribution in [3.8, 4) is 0 Å². The summed E-state index contributed by atoms with van der Waals surface area (Å²) in [4.78, 5) is 23.8. The highest BCUT2D eigenvalue weighted by molar-refractivity contribution is 5.76. The minimum absolute atomic E-state index is 0.0131. The molecule has 1 fully saturated rings. The van der Waals surface area contributed by atoms with Crippen molar-refractivity contribution >= 4 is 12.0 Å². The lowest BCUT2D eigenvalue weighted by molar-refractivity contribution is -0.137. The van der Waals surface area contributed by atoms with E-state index in [1.807, 2.05) is 6.92 Å². The number of nitrogens with one attached hydrogen (secondary N) is 1. The van der Waals surface area contributed by atoms with Crippen molar-refractivity contribution in [2.75, 3.05) is 7.05 Å². The summed E-state index contributed by atoms with van der Waals surface area (Å²) < 4.78 is 0. The molecule has 15 heavy (non-hydrogen) atoms. The molecule has 0 aromatic rings. The molecule has 1 rings (SSSR count). The first kappa shape index (κ1) is 11.8. The molecule has 1 atom stereocenters. The van der Waals surface area contributed by atoms with Crippen molar-refractivity contribution in [2.45, 2.75) is 44.7 Å². The van der Waals surface area contributed by atoms with E-state index in [4.69, 9.17) is 5.11 Å². The molecule has 1 saturated carbocycles. The molecule has 1 unspecified atom stereocenters. The number of carbonyl (C=O) groups excluding carboxylic acids is 1. The van der Waals surface area contributed by atoms with Crippen LogP contribution in [0.4, 0.5) is 4.79 Å². The molecule has 1 aliphatic rings. The molecule has 0 aliphatic heterocycles. The molecule has 0 spiro atoms. The van der Waals surface area contributed by atoms with E-state index in [1.165, 1.54) is 0 Å². The van der Waals surface area contributed by atoms with Gasteiger partial charge in [0, 0.05) is 19.1 Å². The van der Waals surface area contributed by atoms with Crippen LogP contribution in [0.1, 0.15) is 32.6 Å². The Labute approximate surface area is 89.4 Å². The molecule has 0 aromatic carbocycles. The summed E-state index contributed by atoms with van der Waals surface area (Å²) in [5, 5.41) is 11.3. The second-order valence-corrected chi connectivity index (χ2v) is 3.99. The first-order chi connectivity index (χ1) is 7.04. The number of carboxylic acids is 1. The smallest absolute Gasteiger partial charge is 0.317 e. The largest absolute Gasteiger partial charge is 0.481 e. The Morgan fingerprint density at radius 1 is 1.53 bits per heavy atom. The van der Waals surface area contributed by atoms with E-state index >= 15 is 0 Å². The zero-order valence-electron chi connectivity index (χ0n) is 9.19. The van der Waals surface area contributed by atoms with Crippen LogP contribution in [0.5, 0.6) is 0 Å². The van der Waals surface area contributed by atoms with Crippen molar-refractivity contribution in [3.63, 3.8) is 0 Å². The lowest BCUT2D eigenvalue weighted by Gasteiger charge is -2.21. The summed E-state index contributed by atoms with van der Waals surface area (Å²) in [5.74, 6) is -0.878. The number of rotatable bonds is 5. The predicted molar refractivity (Wildman–Crippen MR) is 55.6 cm³/mol. The SMILES string of the molecule is CCC(CC(=O)O)NC(=O)N(C)C1CC1. The van der Waals surface area contributed by atoms with Crippen LogP contribution in [0.15, 0.2) is 0 Å². The number of hydrogen-bond donors (Lipinski definition) is 2. The molecule has 1 aliphatic carbocycles. The van der Waals surface area contributed by atoms with E-state index in [0.29, 0.717) is 12.5 Å². The van der Waals surface area contributed by atoms with E-state index in [9.17, 15) is 9.59 Å². The number of urea groups is 1. The van der Waals surface area contributed by atoms with Gasteiger partial charge in [0.1, 0.15) is 0 Å². The first-order valence-corrected chi connectivity index (χ1v) is 5.29. The topological polar surface area (TPSA) is 69.6 Å². The maximum Gasteiger partial charge on any atom is 0.317 e. The number of hydrogen-bond acceptors (Lipinski definition) is 2. The van der Waals surface area contributed by atoms with Gasteiger partial charge in [-0.25, -0.2) is 4.79 Å². The van der Waals surface area contributed by atoms with Crippen LogP contribution in [0.3, 0.4) is 0 Å². The van der Waals surface area contributed by atoms with Crippen molar-refractivity contribution < 1.29 is 14.7 Å². The molecule has 0 radical (unpaired) electrons. The maximum absolute atomic E-state index is 11.6. The van der Waals surface area contributed by atoms with Crippen molar-refractivity contribution in [1.29, 1.82) is 0 Å². The van der Waals surface area contributed by atoms with Gasteiger partial charge in [-0.2, -0.15) is 0 Å². The van der Waals surface area contributed by atoms with E-state index in [1.54, 1.807) is 11.9 Å². The number of carbonyl (C=O) groups is 2. The Kier molecular flexibility index (Phi) is 3.94. The first-order valence-electron chi connectivity index (χ1n) is 5.29. The Balaban J connectivity index is 2.36. The van der Waals surface area contributed by atoms with Crippen LogP contribution < -0.4 is 5.32 Å². The Morgan fingerprint density at radius 2 is 2.13 bits per heavy atom. The highest BCUT2D eigenvalue weighted by Crippen LogP contribution is 2.25. The molecular weight excluding hydrogens is 196 g/mol. The van der Waals surface area contributed by atoms with Crippen molar-refractivity contribution in [1.82, 2.24) is 10.2 Å². The molecule has 0 saturated heterocycles. The van der Waals surface area contributed by atoms with Crippen LogP contribution in [0.2, 0.25) is 0 Å². The van der Waals surface area contributed by atoms with Crippen molar-refractivity contribution in [2.24, 2.45) is 0 Å². The highest BCUT2D eigenvalue weighted by atomic mass is 16.4. The fraction of sp³-hybridized carbons (Fsp3) is 0.800. The van der Waals surface area contributed by atoms with Gasteiger partial charge in [-0.05, 0) is 19.3 Å². The molecule has 0 heterocycles. The molecule has 0 bridgehead atoms. The highest BCUT2D eigenvalue weighted by Gasteiger charge is 2.30. The van der Waals surface area contributed by atoms with E-state index in [0.717, 1.165) is 12.8 Å². The molecule has 2 amide bonds. The lowest BCUT2D eigenvalue weighted by Crippen LogP contribution is -2.44. The standard InChI is InChI=1S/C10H18N2O3/c1-3-7(6-9(13)14)11-10(15)12(2)8-4-5-8/h7-8H,3-6H2,1-2H3,(H,11,15)(H,13,14). The number of carboxylic acid groups (broad SMARTS) is 1. The monoisotopic (exact) mass is 214 g/mol. The second-order valence-electron chi connectivity index (χ2n) is 3.99. The van der Waals surface area contributed by atoms with Gasteiger partial charge in [0.05, 0.1) is 6.42 Å². The molecule has 5 heteroatoms. The van der Waals surface area contributed by atoms with Gasteiger partial charge in [0.15, 0.2) is 0 Å². The van der Waals surface area contributed by atoms with Gasteiger partial charge >= 0.3 is 12.0 Å². The van der Waals surface area contributed by atoms with Gasteiger partial charge in [-0.15, -0.1) is 0 Å². The third-order valence-corrected chi connectivity index (χ3v) is 2.66. The van der Waals surface area contributed by atoms with Crippen LogP contribution in [0.25, 0.3) is 0 Å². The summed E-state index contributed by atoms with van der Waals surface area (Å²) >= 11 is 0. The molecule has 5 nitrogen and oxygen atoms in total. The molecular formula is C10H18N2O3. The van der Waals surface area contributed by atoms with E-state index in [2.05, 4.69) is 5.32 Å². The zero-order chi connectivity index (χ0) is 11.4. The molecule has 2 N–H and O–H groups in total. The summed E-state index contributed by atoms with van der Waals surface area (Å²) in [6, 6.07) is -0.0749. The normalized spacial score (nSPS) is 16.9. The Bertz CT molecular complexity index is 251. The average molecular weight is 214 g/mol. The predicted octanol–water partition coefficient (Wildman–Crippen LogP) is 1.04. The Hall–Kier alpha value is -1.26. The quantitative estimate of drug-likeness (QED) is 0.718. The molecule has 0 aromatic heterocycles. The summed E-state index contributed by atoms with van der Waals surface area (Å²) in [6.45, 7) is 1.87. The second kappa shape index (κ2) is 5.00.